The topological polar surface area (TPSA) is 29.9 Å². The molecule has 1 N–H and O–H groups in total. The molecule has 2 rings (SSSR count). The van der Waals surface area contributed by atoms with Gasteiger partial charge in [0.05, 0.1) is 6.20 Å². The highest BCUT2D eigenvalue weighted by molar-refractivity contribution is 5.03. The van der Waals surface area contributed by atoms with Gasteiger partial charge in [-0.1, -0.05) is 39.5 Å². The summed E-state index contributed by atoms with van der Waals surface area (Å²) in [5.41, 5.74) is 1.40. The van der Waals surface area contributed by atoms with E-state index in [4.69, 9.17) is 0 Å². The third-order valence-corrected chi connectivity index (χ3v) is 4.67. The zero-order valence-electron chi connectivity index (χ0n) is 13.4. The monoisotopic (exact) mass is 277 g/mol. The van der Waals surface area contributed by atoms with E-state index in [0.717, 1.165) is 11.8 Å². The minimum absolute atomic E-state index is 0.609. The van der Waals surface area contributed by atoms with Crippen molar-refractivity contribution in [1.29, 1.82) is 0 Å². The minimum atomic E-state index is 0.609. The maximum Gasteiger partial charge on any atom is 0.0521 e. The van der Waals surface area contributed by atoms with Gasteiger partial charge >= 0.3 is 0 Å². The van der Waals surface area contributed by atoms with Crippen molar-refractivity contribution in [3.05, 3.63) is 18.0 Å². The highest BCUT2D eigenvalue weighted by Crippen LogP contribution is 2.31. The van der Waals surface area contributed by atoms with E-state index < -0.39 is 0 Å². The van der Waals surface area contributed by atoms with Crippen LogP contribution in [0, 0.1) is 11.8 Å². The van der Waals surface area contributed by atoms with Crippen LogP contribution in [0.1, 0.15) is 57.9 Å². The second-order valence-electron chi connectivity index (χ2n) is 6.78. The van der Waals surface area contributed by atoms with Crippen molar-refractivity contribution in [3.63, 3.8) is 0 Å². The Morgan fingerprint density at radius 2 is 2.00 bits per heavy atom. The molecule has 1 saturated carbocycles. The summed E-state index contributed by atoms with van der Waals surface area (Å²) in [5, 5.41) is 7.94. The van der Waals surface area contributed by atoms with Crippen LogP contribution in [0.2, 0.25) is 0 Å². The third-order valence-electron chi connectivity index (χ3n) is 4.67. The second kappa shape index (κ2) is 7.82. The summed E-state index contributed by atoms with van der Waals surface area (Å²) in [7, 11) is 2.00. The van der Waals surface area contributed by atoms with Gasteiger partial charge in [0.25, 0.3) is 0 Å². The first-order valence-corrected chi connectivity index (χ1v) is 8.36. The van der Waals surface area contributed by atoms with Crippen LogP contribution in [0.3, 0.4) is 0 Å². The van der Waals surface area contributed by atoms with Crippen molar-refractivity contribution in [1.82, 2.24) is 15.1 Å². The zero-order valence-corrected chi connectivity index (χ0v) is 13.4. The molecule has 0 spiro atoms. The van der Waals surface area contributed by atoms with Crippen molar-refractivity contribution in [2.24, 2.45) is 18.9 Å². The van der Waals surface area contributed by atoms with Gasteiger partial charge < -0.3 is 5.32 Å². The molecule has 0 radical (unpaired) electrons. The Balaban J connectivity index is 1.86. The van der Waals surface area contributed by atoms with E-state index in [1.54, 1.807) is 0 Å². The fourth-order valence-electron chi connectivity index (χ4n) is 3.45. The quantitative estimate of drug-likeness (QED) is 0.806. The van der Waals surface area contributed by atoms with Crippen LogP contribution in [0.4, 0.5) is 0 Å². The summed E-state index contributed by atoms with van der Waals surface area (Å²) in [6.45, 7) is 5.71. The van der Waals surface area contributed by atoms with Gasteiger partial charge in [-0.3, -0.25) is 4.68 Å². The van der Waals surface area contributed by atoms with Crippen molar-refractivity contribution in [2.45, 2.75) is 64.8 Å². The van der Waals surface area contributed by atoms with Crippen LogP contribution >= 0.6 is 0 Å². The van der Waals surface area contributed by atoms with E-state index in [9.17, 15) is 0 Å². The summed E-state index contributed by atoms with van der Waals surface area (Å²) >= 11 is 0. The fourth-order valence-corrected chi connectivity index (χ4v) is 3.45. The zero-order chi connectivity index (χ0) is 14.4. The molecule has 1 fully saturated rings. The van der Waals surface area contributed by atoms with E-state index >= 15 is 0 Å². The predicted octanol–water partition coefficient (Wildman–Crippen LogP) is 3.55. The number of hydrogen-bond donors (Lipinski definition) is 1. The Morgan fingerprint density at radius 1 is 1.25 bits per heavy atom. The third kappa shape index (κ3) is 4.93. The van der Waals surface area contributed by atoms with E-state index in [1.165, 1.54) is 57.1 Å². The lowest BCUT2D eigenvalue weighted by Gasteiger charge is -2.26. The number of aromatic nitrogens is 2. The molecule has 114 valence electrons. The fraction of sp³-hybridized carbons (Fsp3) is 0.824. The SMILES string of the molecule is CC(C)NCC1CCCCCC1CCc1cnn(C)c1. The average molecular weight is 277 g/mol. The summed E-state index contributed by atoms with van der Waals surface area (Å²) < 4.78 is 1.92. The first kappa shape index (κ1) is 15.6. The highest BCUT2D eigenvalue weighted by atomic mass is 15.2. The van der Waals surface area contributed by atoms with Crippen molar-refractivity contribution >= 4 is 0 Å². The van der Waals surface area contributed by atoms with Crippen LogP contribution < -0.4 is 5.32 Å². The van der Waals surface area contributed by atoms with E-state index in [2.05, 4.69) is 30.5 Å². The first-order valence-electron chi connectivity index (χ1n) is 8.36. The van der Waals surface area contributed by atoms with Gasteiger partial charge in [0.2, 0.25) is 0 Å². The van der Waals surface area contributed by atoms with Gasteiger partial charge in [-0.15, -0.1) is 0 Å². The highest BCUT2D eigenvalue weighted by Gasteiger charge is 2.23. The molecule has 1 aromatic rings. The number of aryl methyl sites for hydroxylation is 2. The first-order chi connectivity index (χ1) is 9.65. The molecule has 3 heteroatoms. The molecule has 20 heavy (non-hydrogen) atoms. The minimum Gasteiger partial charge on any atom is -0.314 e. The Bertz CT molecular complexity index is 383. The number of rotatable bonds is 6. The summed E-state index contributed by atoms with van der Waals surface area (Å²) in [6, 6.07) is 0.609. The molecule has 0 amide bonds. The van der Waals surface area contributed by atoms with Gasteiger partial charge in [0, 0.05) is 19.3 Å². The molecule has 1 aliphatic carbocycles. The number of hydrogen-bond acceptors (Lipinski definition) is 2. The molecule has 3 nitrogen and oxygen atoms in total. The van der Waals surface area contributed by atoms with Crippen molar-refractivity contribution in [2.75, 3.05) is 6.54 Å². The van der Waals surface area contributed by atoms with E-state index in [1.807, 2.05) is 17.9 Å². The van der Waals surface area contributed by atoms with Gasteiger partial charge in [0.15, 0.2) is 0 Å². The maximum absolute atomic E-state index is 4.28. The summed E-state index contributed by atoms with van der Waals surface area (Å²) in [4.78, 5) is 0. The predicted molar refractivity (Wildman–Crippen MR) is 84.7 cm³/mol. The van der Waals surface area contributed by atoms with Crippen LogP contribution in [0.5, 0.6) is 0 Å². The van der Waals surface area contributed by atoms with Crippen molar-refractivity contribution in [3.8, 4) is 0 Å². The van der Waals surface area contributed by atoms with Gasteiger partial charge in [-0.2, -0.15) is 5.10 Å². The van der Waals surface area contributed by atoms with Crippen LogP contribution in [-0.4, -0.2) is 22.4 Å². The molecule has 1 aromatic heterocycles. The molecule has 1 heterocycles. The van der Waals surface area contributed by atoms with Gasteiger partial charge in [-0.05, 0) is 43.2 Å². The number of nitrogens with one attached hydrogen (secondary N) is 1. The summed E-state index contributed by atoms with van der Waals surface area (Å²) in [5.74, 6) is 1.76. The molecule has 0 bridgehead atoms. The Hall–Kier alpha value is -0.830. The smallest absolute Gasteiger partial charge is 0.0521 e. The van der Waals surface area contributed by atoms with Crippen LogP contribution in [0.15, 0.2) is 12.4 Å². The van der Waals surface area contributed by atoms with E-state index in [0.29, 0.717) is 6.04 Å². The second-order valence-corrected chi connectivity index (χ2v) is 6.78. The molecule has 0 saturated heterocycles. The molecule has 2 unspecified atom stereocenters. The molecular formula is C17H31N3. The van der Waals surface area contributed by atoms with Crippen LogP contribution in [-0.2, 0) is 13.5 Å². The number of nitrogens with zero attached hydrogens (tertiary/aromatic N) is 2. The Morgan fingerprint density at radius 3 is 2.65 bits per heavy atom. The Labute approximate surface area is 124 Å². The Kier molecular flexibility index (Phi) is 6.08. The van der Waals surface area contributed by atoms with Gasteiger partial charge in [-0.25, -0.2) is 0 Å². The normalized spacial score (nSPS) is 24.0. The van der Waals surface area contributed by atoms with Crippen molar-refractivity contribution < 1.29 is 0 Å². The molecule has 1 aliphatic rings. The average Bonchev–Trinajstić information content (AvgIpc) is 2.70. The molecule has 0 aliphatic heterocycles. The standard InChI is InChI=1S/C17H31N3/c1-14(2)18-12-17-8-6-4-5-7-16(17)10-9-15-11-19-20(3)13-15/h11,13-14,16-18H,4-10,12H2,1-3H3. The van der Waals surface area contributed by atoms with Crippen LogP contribution in [0.25, 0.3) is 0 Å². The van der Waals surface area contributed by atoms with Gasteiger partial charge in [0.1, 0.15) is 0 Å². The lowest BCUT2D eigenvalue weighted by Crippen LogP contribution is -2.32. The molecular weight excluding hydrogens is 246 g/mol. The molecule has 2 atom stereocenters. The maximum atomic E-state index is 4.28. The largest absolute Gasteiger partial charge is 0.314 e. The lowest BCUT2D eigenvalue weighted by molar-refractivity contribution is 0.277. The lowest BCUT2D eigenvalue weighted by atomic mass is 9.83. The van der Waals surface area contributed by atoms with E-state index in [-0.39, 0.29) is 0 Å². The summed E-state index contributed by atoms with van der Waals surface area (Å²) in [6.07, 6.45) is 13.8. The molecule has 0 aromatic carbocycles.